The number of ether oxygens (including phenoxy) is 1. The maximum atomic E-state index is 10.8. The highest BCUT2D eigenvalue weighted by molar-refractivity contribution is 5.75. The monoisotopic (exact) mass is 249 g/mol. The lowest BCUT2D eigenvalue weighted by molar-refractivity contribution is 0.112. The Labute approximate surface area is 110 Å². The van der Waals surface area contributed by atoms with Crippen LogP contribution in [-0.4, -0.2) is 30.9 Å². The number of nitrogens with zero attached hydrogens (tertiary/aromatic N) is 1. The molecule has 0 N–H and O–H groups in total. The van der Waals surface area contributed by atoms with Crippen LogP contribution >= 0.6 is 0 Å². The van der Waals surface area contributed by atoms with Crippen LogP contribution in [0.1, 0.15) is 43.1 Å². The van der Waals surface area contributed by atoms with Crippen LogP contribution in [0.2, 0.25) is 0 Å². The van der Waals surface area contributed by atoms with E-state index >= 15 is 0 Å². The molecule has 0 aliphatic carbocycles. The minimum atomic E-state index is 0.481. The Morgan fingerprint density at radius 3 is 2.61 bits per heavy atom. The van der Waals surface area contributed by atoms with Gasteiger partial charge in [0.05, 0.1) is 7.11 Å². The lowest BCUT2D eigenvalue weighted by Gasteiger charge is -2.26. The largest absolute Gasteiger partial charge is 0.496 e. The van der Waals surface area contributed by atoms with Gasteiger partial charge in [-0.25, -0.2) is 0 Å². The SMILES string of the molecule is CCCN(Cc1cc(C=O)ccc1OC)C(C)C. The van der Waals surface area contributed by atoms with Crippen LogP contribution < -0.4 is 4.74 Å². The minimum Gasteiger partial charge on any atom is -0.496 e. The van der Waals surface area contributed by atoms with E-state index in [9.17, 15) is 4.79 Å². The Bertz CT molecular complexity index is 388. The van der Waals surface area contributed by atoms with E-state index in [2.05, 4.69) is 25.7 Å². The molecule has 18 heavy (non-hydrogen) atoms. The van der Waals surface area contributed by atoms with Gasteiger partial charge in [-0.1, -0.05) is 6.92 Å². The first kappa shape index (κ1) is 14.7. The molecule has 0 saturated carbocycles. The fourth-order valence-electron chi connectivity index (χ4n) is 2.02. The maximum absolute atomic E-state index is 10.8. The average molecular weight is 249 g/mol. The average Bonchev–Trinajstić information content (AvgIpc) is 2.37. The summed E-state index contributed by atoms with van der Waals surface area (Å²) in [6, 6.07) is 6.05. The molecule has 0 aliphatic heterocycles. The molecular formula is C15H23NO2. The van der Waals surface area contributed by atoms with Gasteiger partial charge in [0.25, 0.3) is 0 Å². The number of rotatable bonds is 7. The van der Waals surface area contributed by atoms with Crippen molar-refractivity contribution >= 4 is 6.29 Å². The summed E-state index contributed by atoms with van der Waals surface area (Å²) in [5, 5.41) is 0. The summed E-state index contributed by atoms with van der Waals surface area (Å²) >= 11 is 0. The van der Waals surface area contributed by atoms with Gasteiger partial charge in [-0.05, 0) is 45.0 Å². The number of carbonyl (C=O) groups is 1. The Morgan fingerprint density at radius 1 is 1.39 bits per heavy atom. The van der Waals surface area contributed by atoms with Crippen LogP contribution in [0, 0.1) is 0 Å². The van der Waals surface area contributed by atoms with Crippen molar-refractivity contribution in [3.05, 3.63) is 29.3 Å². The Balaban J connectivity index is 2.95. The van der Waals surface area contributed by atoms with Crippen LogP contribution in [0.15, 0.2) is 18.2 Å². The first-order valence-corrected chi connectivity index (χ1v) is 6.48. The lowest BCUT2D eigenvalue weighted by atomic mass is 10.1. The molecule has 0 radical (unpaired) electrons. The summed E-state index contributed by atoms with van der Waals surface area (Å²) in [6.07, 6.45) is 2.00. The van der Waals surface area contributed by atoms with Gasteiger partial charge >= 0.3 is 0 Å². The first-order valence-electron chi connectivity index (χ1n) is 6.48. The molecule has 1 rings (SSSR count). The Morgan fingerprint density at radius 2 is 2.11 bits per heavy atom. The molecule has 0 heterocycles. The Kier molecular flexibility index (Phi) is 5.86. The fraction of sp³-hybridized carbons (Fsp3) is 0.533. The molecular weight excluding hydrogens is 226 g/mol. The van der Waals surface area contributed by atoms with Crippen molar-refractivity contribution in [3.63, 3.8) is 0 Å². The van der Waals surface area contributed by atoms with Gasteiger partial charge in [-0.3, -0.25) is 9.69 Å². The topological polar surface area (TPSA) is 29.5 Å². The van der Waals surface area contributed by atoms with Crippen molar-refractivity contribution in [1.29, 1.82) is 0 Å². The van der Waals surface area contributed by atoms with Crippen molar-refractivity contribution in [3.8, 4) is 5.75 Å². The predicted molar refractivity (Wildman–Crippen MR) is 74.2 cm³/mol. The van der Waals surface area contributed by atoms with Crippen molar-refractivity contribution in [1.82, 2.24) is 4.90 Å². The van der Waals surface area contributed by atoms with Gasteiger partial charge in [0.1, 0.15) is 12.0 Å². The van der Waals surface area contributed by atoms with Gasteiger partial charge in [0.15, 0.2) is 0 Å². The van der Waals surface area contributed by atoms with Gasteiger partial charge in [-0.15, -0.1) is 0 Å². The zero-order chi connectivity index (χ0) is 13.5. The van der Waals surface area contributed by atoms with Crippen LogP contribution in [0.5, 0.6) is 5.75 Å². The standard InChI is InChI=1S/C15H23NO2/c1-5-8-16(12(2)3)10-14-9-13(11-17)6-7-15(14)18-4/h6-7,9,11-12H,5,8,10H2,1-4H3. The molecule has 0 fully saturated rings. The summed E-state index contributed by atoms with van der Waals surface area (Å²) in [7, 11) is 1.67. The molecule has 1 aromatic carbocycles. The van der Waals surface area contributed by atoms with E-state index in [1.54, 1.807) is 13.2 Å². The van der Waals surface area contributed by atoms with Gasteiger partial charge < -0.3 is 4.74 Å². The molecule has 0 saturated heterocycles. The number of benzene rings is 1. The van der Waals surface area contributed by atoms with Gasteiger partial charge in [-0.2, -0.15) is 0 Å². The second kappa shape index (κ2) is 7.17. The zero-order valence-electron chi connectivity index (χ0n) is 11.8. The number of carbonyl (C=O) groups excluding carboxylic acids is 1. The normalized spacial score (nSPS) is 11.0. The summed E-state index contributed by atoms with van der Waals surface area (Å²) in [6.45, 7) is 8.41. The summed E-state index contributed by atoms with van der Waals surface area (Å²) < 4.78 is 5.36. The molecule has 0 bridgehead atoms. The van der Waals surface area contributed by atoms with Crippen molar-refractivity contribution in [2.75, 3.05) is 13.7 Å². The van der Waals surface area contributed by atoms with E-state index in [4.69, 9.17) is 4.74 Å². The molecule has 0 aliphatic rings. The first-order chi connectivity index (χ1) is 8.62. The lowest BCUT2D eigenvalue weighted by Crippen LogP contribution is -2.31. The zero-order valence-corrected chi connectivity index (χ0v) is 11.8. The van der Waals surface area contributed by atoms with Crippen molar-refractivity contribution in [2.45, 2.75) is 39.8 Å². The Hall–Kier alpha value is -1.35. The third-order valence-electron chi connectivity index (χ3n) is 3.06. The molecule has 0 aromatic heterocycles. The summed E-state index contributed by atoms with van der Waals surface area (Å²) in [5.74, 6) is 0.849. The second-order valence-electron chi connectivity index (χ2n) is 4.75. The van der Waals surface area contributed by atoms with E-state index in [1.165, 1.54) is 0 Å². The van der Waals surface area contributed by atoms with Crippen molar-refractivity contribution in [2.24, 2.45) is 0 Å². The molecule has 1 aromatic rings. The molecule has 3 nitrogen and oxygen atoms in total. The maximum Gasteiger partial charge on any atom is 0.150 e. The van der Waals surface area contributed by atoms with Crippen molar-refractivity contribution < 1.29 is 9.53 Å². The van der Waals surface area contributed by atoms with E-state index < -0.39 is 0 Å². The van der Waals surface area contributed by atoms with Crippen LogP contribution in [-0.2, 0) is 6.54 Å². The quantitative estimate of drug-likeness (QED) is 0.695. The van der Waals surface area contributed by atoms with E-state index in [0.29, 0.717) is 11.6 Å². The highest BCUT2D eigenvalue weighted by Gasteiger charge is 2.12. The molecule has 0 atom stereocenters. The molecule has 0 spiro atoms. The van der Waals surface area contributed by atoms with E-state index in [-0.39, 0.29) is 0 Å². The molecule has 0 unspecified atom stereocenters. The predicted octanol–water partition coefficient (Wildman–Crippen LogP) is 3.13. The van der Waals surface area contributed by atoms with Gasteiger partial charge in [0.2, 0.25) is 0 Å². The number of methoxy groups -OCH3 is 1. The number of aldehydes is 1. The minimum absolute atomic E-state index is 0.481. The molecule has 0 amide bonds. The van der Waals surface area contributed by atoms with Gasteiger partial charge in [0, 0.05) is 23.7 Å². The number of hydrogen-bond donors (Lipinski definition) is 0. The van der Waals surface area contributed by atoms with Crippen LogP contribution in [0.3, 0.4) is 0 Å². The highest BCUT2D eigenvalue weighted by Crippen LogP contribution is 2.22. The summed E-state index contributed by atoms with van der Waals surface area (Å²) in [4.78, 5) is 13.2. The summed E-state index contributed by atoms with van der Waals surface area (Å²) in [5.41, 5.74) is 1.77. The third-order valence-corrected chi connectivity index (χ3v) is 3.06. The highest BCUT2D eigenvalue weighted by atomic mass is 16.5. The number of hydrogen-bond acceptors (Lipinski definition) is 3. The second-order valence-corrected chi connectivity index (χ2v) is 4.75. The molecule has 100 valence electrons. The third kappa shape index (κ3) is 3.84. The van der Waals surface area contributed by atoms with Crippen LogP contribution in [0.4, 0.5) is 0 Å². The molecule has 3 heteroatoms. The van der Waals surface area contributed by atoms with E-state index in [0.717, 1.165) is 37.1 Å². The fourth-order valence-corrected chi connectivity index (χ4v) is 2.02. The van der Waals surface area contributed by atoms with E-state index in [1.807, 2.05) is 12.1 Å². The smallest absolute Gasteiger partial charge is 0.150 e. The van der Waals surface area contributed by atoms with Crippen LogP contribution in [0.25, 0.3) is 0 Å².